The van der Waals surface area contributed by atoms with E-state index >= 15 is 0 Å². The molecule has 5 heteroatoms. The van der Waals surface area contributed by atoms with E-state index in [1.807, 2.05) is 0 Å². The van der Waals surface area contributed by atoms with Crippen LogP contribution in [0.25, 0.3) is 0 Å². The number of rotatable bonds is 2. The molecule has 3 N–H and O–H groups in total. The molecular formula is C8H12BNO3. The van der Waals surface area contributed by atoms with Gasteiger partial charge in [-0.3, -0.25) is 4.98 Å². The molecule has 0 saturated carbocycles. The van der Waals surface area contributed by atoms with E-state index in [2.05, 4.69) is 4.98 Å². The van der Waals surface area contributed by atoms with Crippen molar-refractivity contribution >= 4 is 12.6 Å². The van der Waals surface area contributed by atoms with Crippen molar-refractivity contribution in [3.8, 4) is 0 Å². The van der Waals surface area contributed by atoms with Crippen LogP contribution in [0.3, 0.4) is 0 Å². The van der Waals surface area contributed by atoms with Crippen LogP contribution >= 0.6 is 0 Å². The summed E-state index contributed by atoms with van der Waals surface area (Å²) in [6.07, 6.45) is 2.84. The third-order valence-electron chi connectivity index (χ3n) is 1.76. The molecule has 0 aliphatic carbocycles. The van der Waals surface area contributed by atoms with Crippen molar-refractivity contribution in [3.05, 3.63) is 24.0 Å². The number of aliphatic hydroxyl groups is 1. The number of hydrogen-bond donors (Lipinski definition) is 3. The van der Waals surface area contributed by atoms with Gasteiger partial charge in [0.25, 0.3) is 0 Å². The molecular weight excluding hydrogens is 169 g/mol. The zero-order chi connectivity index (χ0) is 10.1. The average Bonchev–Trinajstić information content (AvgIpc) is 2.03. The smallest absolute Gasteiger partial charge is 0.423 e. The second kappa shape index (κ2) is 3.45. The summed E-state index contributed by atoms with van der Waals surface area (Å²) in [6.45, 7) is 3.22. The highest BCUT2D eigenvalue weighted by Gasteiger charge is 2.19. The van der Waals surface area contributed by atoms with E-state index in [1.165, 1.54) is 18.5 Å². The first kappa shape index (κ1) is 10.2. The van der Waals surface area contributed by atoms with E-state index in [0.717, 1.165) is 0 Å². The Morgan fingerprint density at radius 2 is 1.92 bits per heavy atom. The normalized spacial score (nSPS) is 11.5. The molecule has 0 saturated heterocycles. The van der Waals surface area contributed by atoms with Gasteiger partial charge in [-0.1, -0.05) is 6.07 Å². The molecule has 0 spiro atoms. The average molecular weight is 181 g/mol. The van der Waals surface area contributed by atoms with Gasteiger partial charge in [-0.25, -0.2) is 0 Å². The summed E-state index contributed by atoms with van der Waals surface area (Å²) in [4.78, 5) is 3.79. The van der Waals surface area contributed by atoms with Gasteiger partial charge in [0.05, 0.1) is 5.60 Å². The molecule has 0 amide bonds. The standard InChI is InChI=1S/C8H12BNO3/c1-8(2,11)6-3-7(9(12)13)5-10-4-6/h3-5,11-13H,1-2H3. The maximum atomic E-state index is 9.59. The first-order valence-electron chi connectivity index (χ1n) is 3.95. The van der Waals surface area contributed by atoms with Gasteiger partial charge < -0.3 is 15.2 Å². The van der Waals surface area contributed by atoms with Crippen molar-refractivity contribution < 1.29 is 15.2 Å². The third-order valence-corrected chi connectivity index (χ3v) is 1.76. The minimum atomic E-state index is -1.55. The van der Waals surface area contributed by atoms with Gasteiger partial charge in [-0.05, 0) is 13.8 Å². The first-order valence-corrected chi connectivity index (χ1v) is 3.95. The third kappa shape index (κ3) is 2.52. The maximum absolute atomic E-state index is 9.59. The Bertz CT molecular complexity index is 296. The predicted octanol–water partition coefficient (Wildman–Crippen LogP) is -1.01. The van der Waals surface area contributed by atoms with E-state index in [4.69, 9.17) is 10.0 Å². The van der Waals surface area contributed by atoms with Gasteiger partial charge in [0, 0.05) is 23.4 Å². The molecule has 0 aliphatic rings. The van der Waals surface area contributed by atoms with Crippen molar-refractivity contribution in [2.75, 3.05) is 0 Å². The number of hydrogen-bond acceptors (Lipinski definition) is 4. The summed E-state index contributed by atoms with van der Waals surface area (Å²) in [5, 5.41) is 27.3. The topological polar surface area (TPSA) is 73.6 Å². The zero-order valence-corrected chi connectivity index (χ0v) is 7.60. The first-order chi connectivity index (χ1) is 5.91. The van der Waals surface area contributed by atoms with E-state index in [0.29, 0.717) is 5.56 Å². The van der Waals surface area contributed by atoms with Crippen LogP contribution in [0.4, 0.5) is 0 Å². The molecule has 4 nitrogen and oxygen atoms in total. The SMILES string of the molecule is CC(C)(O)c1cncc(B(O)O)c1. The lowest BCUT2D eigenvalue weighted by molar-refractivity contribution is 0.0783. The number of aromatic nitrogens is 1. The Balaban J connectivity index is 3.06. The lowest BCUT2D eigenvalue weighted by atomic mass is 9.80. The highest BCUT2D eigenvalue weighted by atomic mass is 16.4. The minimum absolute atomic E-state index is 0.277. The van der Waals surface area contributed by atoms with Gasteiger partial charge in [0.15, 0.2) is 0 Å². The molecule has 1 aromatic heterocycles. The van der Waals surface area contributed by atoms with Crippen molar-refractivity contribution in [1.29, 1.82) is 0 Å². The molecule has 0 aromatic carbocycles. The predicted molar refractivity (Wildman–Crippen MR) is 49.3 cm³/mol. The summed E-state index contributed by atoms with van der Waals surface area (Å²) in [6, 6.07) is 1.51. The van der Waals surface area contributed by atoms with Crippen LogP contribution in [0.5, 0.6) is 0 Å². The summed E-state index contributed by atoms with van der Waals surface area (Å²) in [7, 11) is -1.55. The van der Waals surface area contributed by atoms with Crippen LogP contribution in [-0.2, 0) is 5.60 Å². The van der Waals surface area contributed by atoms with Crippen LogP contribution in [0.1, 0.15) is 19.4 Å². The van der Waals surface area contributed by atoms with E-state index in [9.17, 15) is 5.11 Å². The number of pyridine rings is 1. The summed E-state index contributed by atoms with van der Waals surface area (Å²) >= 11 is 0. The fourth-order valence-electron chi connectivity index (χ4n) is 0.934. The van der Waals surface area contributed by atoms with Crippen LogP contribution in [0, 0.1) is 0 Å². The lowest BCUT2D eigenvalue weighted by Gasteiger charge is -2.17. The van der Waals surface area contributed by atoms with Crippen molar-refractivity contribution in [1.82, 2.24) is 4.98 Å². The van der Waals surface area contributed by atoms with Gasteiger partial charge in [-0.2, -0.15) is 0 Å². The van der Waals surface area contributed by atoms with Crippen molar-refractivity contribution in [2.24, 2.45) is 0 Å². The number of nitrogens with zero attached hydrogens (tertiary/aromatic N) is 1. The van der Waals surface area contributed by atoms with Crippen LogP contribution in [0.2, 0.25) is 0 Å². The Morgan fingerprint density at radius 1 is 1.31 bits per heavy atom. The van der Waals surface area contributed by atoms with Gasteiger partial charge in [-0.15, -0.1) is 0 Å². The molecule has 0 unspecified atom stereocenters. The monoisotopic (exact) mass is 181 g/mol. The molecule has 0 bridgehead atoms. The molecule has 1 heterocycles. The van der Waals surface area contributed by atoms with E-state index < -0.39 is 12.7 Å². The molecule has 1 rings (SSSR count). The minimum Gasteiger partial charge on any atom is -0.423 e. The maximum Gasteiger partial charge on any atom is 0.490 e. The second-order valence-electron chi connectivity index (χ2n) is 3.44. The quantitative estimate of drug-likeness (QED) is 0.511. The lowest BCUT2D eigenvalue weighted by Crippen LogP contribution is -2.32. The van der Waals surface area contributed by atoms with Crippen molar-refractivity contribution in [2.45, 2.75) is 19.4 Å². The van der Waals surface area contributed by atoms with E-state index in [-0.39, 0.29) is 5.46 Å². The molecule has 70 valence electrons. The molecule has 0 aliphatic heterocycles. The summed E-state index contributed by atoms with van der Waals surface area (Å²) in [5.41, 5.74) is -0.185. The van der Waals surface area contributed by atoms with Crippen LogP contribution in [0.15, 0.2) is 18.5 Å². The Labute approximate surface area is 77.0 Å². The Hall–Kier alpha value is -0.905. The second-order valence-corrected chi connectivity index (χ2v) is 3.44. The van der Waals surface area contributed by atoms with Crippen molar-refractivity contribution in [3.63, 3.8) is 0 Å². The molecule has 0 radical (unpaired) electrons. The molecule has 1 aromatic rings. The Kier molecular flexibility index (Phi) is 2.70. The fraction of sp³-hybridized carbons (Fsp3) is 0.375. The summed E-state index contributed by atoms with van der Waals surface area (Å²) < 4.78 is 0. The fourth-order valence-corrected chi connectivity index (χ4v) is 0.934. The molecule has 0 atom stereocenters. The summed E-state index contributed by atoms with van der Waals surface area (Å²) in [5.74, 6) is 0. The molecule has 0 fully saturated rings. The van der Waals surface area contributed by atoms with Gasteiger partial charge >= 0.3 is 7.12 Å². The zero-order valence-electron chi connectivity index (χ0n) is 7.60. The van der Waals surface area contributed by atoms with E-state index in [1.54, 1.807) is 13.8 Å². The highest BCUT2D eigenvalue weighted by Crippen LogP contribution is 2.16. The highest BCUT2D eigenvalue weighted by molar-refractivity contribution is 6.58. The van der Waals surface area contributed by atoms with Crippen LogP contribution in [-0.4, -0.2) is 27.3 Å². The Morgan fingerprint density at radius 3 is 2.38 bits per heavy atom. The molecule has 13 heavy (non-hydrogen) atoms. The van der Waals surface area contributed by atoms with Crippen LogP contribution < -0.4 is 5.46 Å². The van der Waals surface area contributed by atoms with Gasteiger partial charge in [0.2, 0.25) is 0 Å². The largest absolute Gasteiger partial charge is 0.490 e. The van der Waals surface area contributed by atoms with Gasteiger partial charge in [0.1, 0.15) is 0 Å².